The van der Waals surface area contributed by atoms with E-state index in [9.17, 15) is 4.79 Å². The summed E-state index contributed by atoms with van der Waals surface area (Å²) in [5.74, 6) is 2.11. The molecule has 0 unspecified atom stereocenters. The molecule has 2 fully saturated rings. The van der Waals surface area contributed by atoms with Crippen LogP contribution >= 0.6 is 11.6 Å². The molecule has 0 saturated heterocycles. The molecule has 4 heteroatoms. The zero-order chi connectivity index (χ0) is 14.3. The highest BCUT2D eigenvalue weighted by molar-refractivity contribution is 6.30. The van der Waals surface area contributed by atoms with E-state index in [0.29, 0.717) is 22.5 Å². The van der Waals surface area contributed by atoms with Crippen molar-refractivity contribution in [3.8, 4) is 0 Å². The lowest BCUT2D eigenvalue weighted by Crippen LogP contribution is -2.38. The maximum absolute atomic E-state index is 12.3. The van der Waals surface area contributed by atoms with Gasteiger partial charge in [0.15, 0.2) is 0 Å². The zero-order valence-electron chi connectivity index (χ0n) is 11.7. The zero-order valence-corrected chi connectivity index (χ0v) is 12.4. The van der Waals surface area contributed by atoms with E-state index in [1.54, 1.807) is 24.3 Å². The second-order valence-electron chi connectivity index (χ2n) is 6.13. The first kappa shape index (κ1) is 13.9. The Bertz CT molecular complexity index is 490. The Morgan fingerprint density at radius 2 is 1.95 bits per heavy atom. The van der Waals surface area contributed by atoms with Crippen LogP contribution in [0.4, 0.5) is 0 Å². The second-order valence-corrected chi connectivity index (χ2v) is 6.57. The van der Waals surface area contributed by atoms with Crippen molar-refractivity contribution >= 4 is 17.5 Å². The van der Waals surface area contributed by atoms with Gasteiger partial charge in [0.2, 0.25) is 0 Å². The number of hydrogen-bond donors (Lipinski definition) is 2. The summed E-state index contributed by atoms with van der Waals surface area (Å²) in [7, 11) is 0. The quantitative estimate of drug-likeness (QED) is 0.896. The summed E-state index contributed by atoms with van der Waals surface area (Å²) < 4.78 is 0. The first-order valence-electron chi connectivity index (χ1n) is 7.42. The number of rotatable bonds is 4. The Labute approximate surface area is 124 Å². The molecular weight excluding hydrogens is 272 g/mol. The monoisotopic (exact) mass is 292 g/mol. The second kappa shape index (κ2) is 5.38. The van der Waals surface area contributed by atoms with Crippen LogP contribution in [-0.4, -0.2) is 18.0 Å². The smallest absolute Gasteiger partial charge is 0.251 e. The van der Waals surface area contributed by atoms with Gasteiger partial charge in [0, 0.05) is 22.7 Å². The summed E-state index contributed by atoms with van der Waals surface area (Å²) in [6.07, 6.45) is 3.23. The minimum absolute atomic E-state index is 0.00258. The largest absolute Gasteiger partial charge is 0.349 e. The molecular formula is C16H21ClN2O. The molecule has 20 heavy (non-hydrogen) atoms. The summed E-state index contributed by atoms with van der Waals surface area (Å²) in [6, 6.07) is 7.71. The third-order valence-corrected chi connectivity index (χ3v) is 5.13. The molecule has 0 spiro atoms. The number of hydrogen-bond acceptors (Lipinski definition) is 2. The summed E-state index contributed by atoms with van der Waals surface area (Å²) in [6.45, 7) is 2.14. The lowest BCUT2D eigenvalue weighted by molar-refractivity contribution is 0.0927. The van der Waals surface area contributed by atoms with Gasteiger partial charge in [-0.2, -0.15) is 0 Å². The predicted octanol–water partition coefficient (Wildman–Crippen LogP) is 2.83. The van der Waals surface area contributed by atoms with Crippen molar-refractivity contribution in [1.82, 2.24) is 5.32 Å². The molecule has 2 saturated carbocycles. The topological polar surface area (TPSA) is 55.1 Å². The molecule has 108 valence electrons. The van der Waals surface area contributed by atoms with Crippen LogP contribution in [0.5, 0.6) is 0 Å². The van der Waals surface area contributed by atoms with Gasteiger partial charge in [-0.05, 0) is 61.3 Å². The fourth-order valence-corrected chi connectivity index (χ4v) is 3.98. The van der Waals surface area contributed by atoms with E-state index in [2.05, 4.69) is 12.2 Å². The van der Waals surface area contributed by atoms with Crippen LogP contribution in [0, 0.1) is 17.8 Å². The van der Waals surface area contributed by atoms with E-state index >= 15 is 0 Å². The minimum atomic E-state index is 0.00258. The third-order valence-electron chi connectivity index (χ3n) is 4.88. The molecule has 1 aromatic rings. The van der Waals surface area contributed by atoms with Crippen molar-refractivity contribution in [3.05, 3.63) is 34.9 Å². The molecule has 0 aliphatic heterocycles. The summed E-state index contributed by atoms with van der Waals surface area (Å²) >= 11 is 5.84. The number of nitrogens with one attached hydrogen (secondary N) is 1. The van der Waals surface area contributed by atoms with E-state index in [-0.39, 0.29) is 11.9 Å². The molecule has 1 amide bonds. The number of carbonyl (C=O) groups is 1. The molecule has 2 aliphatic carbocycles. The number of nitrogens with two attached hydrogens (primary N) is 1. The molecule has 0 radical (unpaired) electrons. The average Bonchev–Trinajstić information content (AvgIpc) is 2.92. The van der Waals surface area contributed by atoms with Crippen molar-refractivity contribution < 1.29 is 4.79 Å². The Morgan fingerprint density at radius 1 is 1.35 bits per heavy atom. The van der Waals surface area contributed by atoms with Gasteiger partial charge in [-0.25, -0.2) is 0 Å². The standard InChI is InChI=1S/C16H21ClN2O/c1-2-14(15-12-7-11(18)8-13(12)15)19-16(20)9-3-5-10(17)6-4-9/h3-6,11-15H,2,7-8,18H2,1H3,(H,19,20)/t11?,12-,13-,14-,15?/m1/s1. The fourth-order valence-electron chi connectivity index (χ4n) is 3.85. The lowest BCUT2D eigenvalue weighted by atomic mass is 9.99. The number of amides is 1. The third kappa shape index (κ3) is 2.57. The molecule has 3 rings (SSSR count). The van der Waals surface area contributed by atoms with Gasteiger partial charge in [0.1, 0.15) is 0 Å². The minimum Gasteiger partial charge on any atom is -0.349 e. The van der Waals surface area contributed by atoms with Crippen molar-refractivity contribution in [2.24, 2.45) is 23.5 Å². The van der Waals surface area contributed by atoms with E-state index in [0.717, 1.165) is 31.1 Å². The average molecular weight is 293 g/mol. The summed E-state index contributed by atoms with van der Waals surface area (Å²) in [5.41, 5.74) is 6.64. The Balaban J connectivity index is 1.61. The first-order valence-corrected chi connectivity index (χ1v) is 7.80. The van der Waals surface area contributed by atoms with E-state index in [4.69, 9.17) is 17.3 Å². The van der Waals surface area contributed by atoms with Crippen LogP contribution in [0.25, 0.3) is 0 Å². The maximum atomic E-state index is 12.3. The van der Waals surface area contributed by atoms with E-state index < -0.39 is 0 Å². The summed E-state index contributed by atoms with van der Waals surface area (Å²) in [5, 5.41) is 3.84. The van der Waals surface area contributed by atoms with Gasteiger partial charge < -0.3 is 11.1 Å². The van der Waals surface area contributed by atoms with Gasteiger partial charge >= 0.3 is 0 Å². The molecule has 0 bridgehead atoms. The maximum Gasteiger partial charge on any atom is 0.251 e. The summed E-state index contributed by atoms with van der Waals surface area (Å²) in [4.78, 5) is 12.3. The fraction of sp³-hybridized carbons (Fsp3) is 0.562. The predicted molar refractivity (Wildman–Crippen MR) is 80.7 cm³/mol. The Hall–Kier alpha value is -1.06. The van der Waals surface area contributed by atoms with Crippen molar-refractivity contribution in [3.63, 3.8) is 0 Å². The molecule has 1 aromatic carbocycles. The number of fused-ring (bicyclic) bond motifs is 1. The van der Waals surface area contributed by atoms with Crippen LogP contribution in [0.1, 0.15) is 36.5 Å². The molecule has 0 aromatic heterocycles. The first-order chi connectivity index (χ1) is 9.60. The van der Waals surface area contributed by atoms with E-state index in [1.807, 2.05) is 0 Å². The van der Waals surface area contributed by atoms with Crippen molar-refractivity contribution in [2.45, 2.75) is 38.3 Å². The van der Waals surface area contributed by atoms with Gasteiger partial charge in [-0.3, -0.25) is 4.79 Å². The van der Waals surface area contributed by atoms with Crippen LogP contribution in [0.3, 0.4) is 0 Å². The van der Waals surface area contributed by atoms with Gasteiger partial charge in [0.25, 0.3) is 5.91 Å². The van der Waals surface area contributed by atoms with Gasteiger partial charge in [0.05, 0.1) is 0 Å². The van der Waals surface area contributed by atoms with Crippen molar-refractivity contribution in [2.75, 3.05) is 0 Å². The van der Waals surface area contributed by atoms with Gasteiger partial charge in [-0.15, -0.1) is 0 Å². The molecule has 3 N–H and O–H groups in total. The van der Waals surface area contributed by atoms with E-state index in [1.165, 1.54) is 0 Å². The highest BCUT2D eigenvalue weighted by atomic mass is 35.5. The SMILES string of the molecule is CC[C@@H](NC(=O)c1ccc(Cl)cc1)C1[C@@H]2CC(N)C[C@@H]12. The lowest BCUT2D eigenvalue weighted by Gasteiger charge is -2.20. The van der Waals surface area contributed by atoms with Gasteiger partial charge in [-0.1, -0.05) is 18.5 Å². The number of halogens is 1. The normalized spacial score (nSPS) is 29.9. The van der Waals surface area contributed by atoms with Crippen LogP contribution in [0.15, 0.2) is 24.3 Å². The Morgan fingerprint density at radius 3 is 2.50 bits per heavy atom. The number of carbonyl (C=O) groups excluding carboxylic acids is 1. The Kier molecular flexibility index (Phi) is 3.74. The molecule has 2 aliphatic rings. The molecule has 3 nitrogen and oxygen atoms in total. The van der Waals surface area contributed by atoms with Crippen LogP contribution < -0.4 is 11.1 Å². The molecule has 0 heterocycles. The van der Waals surface area contributed by atoms with Crippen LogP contribution in [-0.2, 0) is 0 Å². The molecule has 3 atom stereocenters. The number of benzene rings is 1. The highest BCUT2D eigenvalue weighted by Crippen LogP contribution is 2.58. The highest BCUT2D eigenvalue weighted by Gasteiger charge is 2.57. The van der Waals surface area contributed by atoms with Crippen LogP contribution in [0.2, 0.25) is 5.02 Å². The van der Waals surface area contributed by atoms with Crippen molar-refractivity contribution in [1.29, 1.82) is 0 Å².